The number of ether oxygens (including phenoxy) is 1. The molecular formula is C22H24N2O5. The number of nitrogens with two attached hydrogens (primary N) is 2. The molecular weight excluding hydrogens is 372 g/mol. The van der Waals surface area contributed by atoms with Gasteiger partial charge in [-0.25, -0.2) is 0 Å². The molecule has 29 heavy (non-hydrogen) atoms. The lowest BCUT2D eigenvalue weighted by Gasteiger charge is -2.07. The highest BCUT2D eigenvalue weighted by Gasteiger charge is 2.23. The normalized spacial score (nSPS) is 11.0. The number of benzene rings is 2. The second-order valence-electron chi connectivity index (χ2n) is 6.82. The molecule has 0 fully saturated rings. The number of ketones is 1. The van der Waals surface area contributed by atoms with Crippen molar-refractivity contribution in [3.63, 3.8) is 0 Å². The second kappa shape index (κ2) is 8.26. The third kappa shape index (κ3) is 4.03. The number of hydrogen-bond acceptors (Lipinski definition) is 7. The first-order chi connectivity index (χ1) is 13.8. The number of carbonyl (C=O) groups excluding carboxylic acids is 2. The minimum absolute atomic E-state index is 0.0282. The summed E-state index contributed by atoms with van der Waals surface area (Å²) >= 11 is 0. The third-order valence-corrected chi connectivity index (χ3v) is 4.68. The Bertz CT molecular complexity index is 1060. The Kier molecular flexibility index (Phi) is 5.77. The molecule has 0 atom stereocenters. The van der Waals surface area contributed by atoms with Crippen molar-refractivity contribution in [1.82, 2.24) is 0 Å². The molecule has 7 heteroatoms. The molecule has 3 rings (SSSR count). The number of phenols is 1. The van der Waals surface area contributed by atoms with Crippen molar-refractivity contribution in [2.75, 3.05) is 11.5 Å². The van der Waals surface area contributed by atoms with E-state index in [4.69, 9.17) is 20.6 Å². The molecule has 0 aliphatic carbocycles. The Morgan fingerprint density at radius 1 is 1.10 bits per heavy atom. The highest BCUT2D eigenvalue weighted by Crippen LogP contribution is 2.34. The van der Waals surface area contributed by atoms with E-state index in [2.05, 4.69) is 0 Å². The topological polar surface area (TPSA) is 129 Å². The fraction of sp³-hybridized carbons (Fsp3) is 0.273. The van der Waals surface area contributed by atoms with E-state index in [-0.39, 0.29) is 34.4 Å². The maximum absolute atomic E-state index is 13.2. The van der Waals surface area contributed by atoms with Gasteiger partial charge in [-0.2, -0.15) is 0 Å². The van der Waals surface area contributed by atoms with Gasteiger partial charge in [0.05, 0.1) is 16.9 Å². The lowest BCUT2D eigenvalue weighted by atomic mass is 9.98. The van der Waals surface area contributed by atoms with Crippen LogP contribution in [0.15, 0.2) is 34.7 Å². The van der Waals surface area contributed by atoms with E-state index in [0.29, 0.717) is 40.9 Å². The Hall–Kier alpha value is -3.48. The summed E-state index contributed by atoms with van der Waals surface area (Å²) in [6.07, 6.45) is 2.51. The van der Waals surface area contributed by atoms with Crippen LogP contribution in [0.4, 0.5) is 11.4 Å². The van der Waals surface area contributed by atoms with E-state index in [1.807, 2.05) is 13.8 Å². The third-order valence-electron chi connectivity index (χ3n) is 4.68. The van der Waals surface area contributed by atoms with E-state index in [1.165, 1.54) is 12.1 Å². The predicted molar refractivity (Wildman–Crippen MR) is 111 cm³/mol. The summed E-state index contributed by atoms with van der Waals surface area (Å²) in [5.41, 5.74) is 12.6. The van der Waals surface area contributed by atoms with Gasteiger partial charge in [0.1, 0.15) is 17.1 Å². The molecule has 0 spiro atoms. The molecule has 3 aromatic rings. The molecule has 2 aromatic carbocycles. The fourth-order valence-corrected chi connectivity index (χ4v) is 3.15. The van der Waals surface area contributed by atoms with Gasteiger partial charge in [0, 0.05) is 29.9 Å². The molecule has 0 aliphatic rings. The first kappa shape index (κ1) is 20.3. The van der Waals surface area contributed by atoms with Crippen LogP contribution in [-0.2, 0) is 11.2 Å². The lowest BCUT2D eigenvalue weighted by molar-refractivity contribution is -0.134. The number of furan rings is 1. The zero-order valence-electron chi connectivity index (χ0n) is 16.5. The molecule has 152 valence electrons. The summed E-state index contributed by atoms with van der Waals surface area (Å²) in [5, 5.41) is 10.4. The standard InChI is InChI=1S/C22H24N2O5/c1-3-5-6-19(25)28-13-7-8-14-18(11-13)29-17(4-2)20(14)21(26)12-9-15(23)22(27)16(24)10-12/h7-11,27H,3-6,23-24H2,1-2H3. The number of carbonyl (C=O) groups is 2. The number of fused-ring (bicyclic) bond motifs is 1. The average molecular weight is 396 g/mol. The van der Waals surface area contributed by atoms with Gasteiger partial charge in [-0.1, -0.05) is 20.3 Å². The number of nitrogen functional groups attached to an aromatic ring is 2. The highest BCUT2D eigenvalue weighted by molar-refractivity contribution is 6.17. The number of rotatable bonds is 7. The molecule has 0 aliphatic heterocycles. The van der Waals surface area contributed by atoms with Gasteiger partial charge in [-0.05, 0) is 30.7 Å². The number of anilines is 2. The van der Waals surface area contributed by atoms with E-state index >= 15 is 0 Å². The molecule has 0 unspecified atom stereocenters. The van der Waals surface area contributed by atoms with Crippen molar-refractivity contribution < 1.29 is 23.8 Å². The van der Waals surface area contributed by atoms with Crippen LogP contribution in [0.2, 0.25) is 0 Å². The Labute approximate surface area is 168 Å². The summed E-state index contributed by atoms with van der Waals surface area (Å²) in [5.74, 6) is 0.00663. The summed E-state index contributed by atoms with van der Waals surface area (Å²) in [6.45, 7) is 3.88. The summed E-state index contributed by atoms with van der Waals surface area (Å²) in [6, 6.07) is 7.71. The van der Waals surface area contributed by atoms with Crippen LogP contribution in [0.3, 0.4) is 0 Å². The summed E-state index contributed by atoms with van der Waals surface area (Å²) < 4.78 is 11.2. The Morgan fingerprint density at radius 3 is 2.41 bits per heavy atom. The quantitative estimate of drug-likeness (QED) is 0.179. The smallest absolute Gasteiger partial charge is 0.311 e. The number of esters is 1. The van der Waals surface area contributed by atoms with Crippen LogP contribution in [0, 0.1) is 0 Å². The summed E-state index contributed by atoms with van der Waals surface area (Å²) in [7, 11) is 0. The van der Waals surface area contributed by atoms with Crippen LogP contribution in [0.25, 0.3) is 11.0 Å². The molecule has 0 amide bonds. The monoisotopic (exact) mass is 396 g/mol. The number of unbranched alkanes of at least 4 members (excludes halogenated alkanes) is 1. The minimum atomic E-state index is -0.313. The molecule has 1 heterocycles. The molecule has 5 N–H and O–H groups in total. The van der Waals surface area contributed by atoms with Gasteiger partial charge in [0.15, 0.2) is 11.5 Å². The second-order valence-corrected chi connectivity index (χ2v) is 6.82. The van der Waals surface area contributed by atoms with Gasteiger partial charge >= 0.3 is 5.97 Å². The zero-order valence-corrected chi connectivity index (χ0v) is 16.5. The van der Waals surface area contributed by atoms with Crippen molar-refractivity contribution in [1.29, 1.82) is 0 Å². The molecule has 0 saturated carbocycles. The molecule has 0 saturated heterocycles. The van der Waals surface area contributed by atoms with E-state index in [0.717, 1.165) is 12.8 Å². The number of hydrogen-bond donors (Lipinski definition) is 3. The van der Waals surface area contributed by atoms with E-state index in [1.54, 1.807) is 18.2 Å². The number of aryl methyl sites for hydroxylation is 1. The van der Waals surface area contributed by atoms with Crippen LogP contribution < -0.4 is 16.2 Å². The zero-order chi connectivity index (χ0) is 21.1. The lowest BCUT2D eigenvalue weighted by Crippen LogP contribution is -2.07. The van der Waals surface area contributed by atoms with Crippen molar-refractivity contribution in [2.45, 2.75) is 39.5 Å². The van der Waals surface area contributed by atoms with Gasteiger partial charge in [0.25, 0.3) is 0 Å². The largest absolute Gasteiger partial charge is 0.504 e. The maximum Gasteiger partial charge on any atom is 0.311 e. The van der Waals surface area contributed by atoms with E-state index < -0.39 is 0 Å². The molecule has 1 aromatic heterocycles. The van der Waals surface area contributed by atoms with Crippen LogP contribution >= 0.6 is 0 Å². The van der Waals surface area contributed by atoms with Crippen LogP contribution in [0.1, 0.15) is 54.8 Å². The number of phenolic OH excluding ortho intramolecular Hbond substituents is 1. The molecule has 0 bridgehead atoms. The van der Waals surface area contributed by atoms with Crippen LogP contribution in [-0.4, -0.2) is 16.9 Å². The first-order valence-electron chi connectivity index (χ1n) is 9.54. The van der Waals surface area contributed by atoms with Crippen molar-refractivity contribution in [2.24, 2.45) is 0 Å². The molecule has 7 nitrogen and oxygen atoms in total. The van der Waals surface area contributed by atoms with Crippen molar-refractivity contribution in [3.8, 4) is 11.5 Å². The average Bonchev–Trinajstić information content (AvgIpc) is 3.07. The van der Waals surface area contributed by atoms with Gasteiger partial charge in [0.2, 0.25) is 0 Å². The van der Waals surface area contributed by atoms with E-state index in [9.17, 15) is 14.7 Å². The van der Waals surface area contributed by atoms with Crippen molar-refractivity contribution in [3.05, 3.63) is 47.2 Å². The predicted octanol–water partition coefficient (Wildman–Crippen LogP) is 4.19. The highest BCUT2D eigenvalue weighted by atomic mass is 16.5. The Balaban J connectivity index is 2.00. The van der Waals surface area contributed by atoms with Crippen molar-refractivity contribution >= 4 is 34.1 Å². The van der Waals surface area contributed by atoms with Gasteiger partial charge < -0.3 is 25.7 Å². The SMILES string of the molecule is CCCCC(=O)Oc1ccc2c(C(=O)c3cc(N)c(O)c(N)c3)c(CC)oc2c1. The Morgan fingerprint density at radius 2 is 1.79 bits per heavy atom. The minimum Gasteiger partial charge on any atom is -0.504 e. The van der Waals surface area contributed by atoms with Gasteiger partial charge in [-0.3, -0.25) is 9.59 Å². The molecule has 0 radical (unpaired) electrons. The summed E-state index contributed by atoms with van der Waals surface area (Å²) in [4.78, 5) is 25.0. The maximum atomic E-state index is 13.2. The number of aromatic hydroxyl groups is 1. The van der Waals surface area contributed by atoms with Gasteiger partial charge in [-0.15, -0.1) is 0 Å². The first-order valence-corrected chi connectivity index (χ1v) is 9.54. The fourth-order valence-electron chi connectivity index (χ4n) is 3.15. The van der Waals surface area contributed by atoms with Crippen LogP contribution in [0.5, 0.6) is 11.5 Å².